The Morgan fingerprint density at radius 1 is 0.879 bits per heavy atom. The van der Waals surface area contributed by atoms with Gasteiger partial charge < -0.3 is 0 Å². The molecule has 3 aromatic carbocycles. The van der Waals surface area contributed by atoms with Gasteiger partial charge in [-0.15, -0.1) is 0 Å². The highest BCUT2D eigenvalue weighted by Crippen LogP contribution is 2.32. The van der Waals surface area contributed by atoms with Crippen LogP contribution in [0, 0.1) is 0 Å². The number of thiazole rings is 1. The maximum Gasteiger partial charge on any atom is 0.260 e. The minimum Gasteiger partial charge on any atom is -0.278 e. The molecule has 2 heterocycles. The molecule has 0 saturated carbocycles. The minimum absolute atomic E-state index is 0.0879. The summed E-state index contributed by atoms with van der Waals surface area (Å²) in [6, 6.07) is 30.0. The number of amides is 1. The molecule has 5 heteroatoms. The van der Waals surface area contributed by atoms with Gasteiger partial charge in [-0.05, 0) is 59.5 Å². The Bertz CT molecular complexity index is 1380. The van der Waals surface area contributed by atoms with Crippen molar-refractivity contribution in [3.63, 3.8) is 0 Å². The normalized spacial score (nSPS) is 10.9. The Hall–Kier alpha value is -3.83. The van der Waals surface area contributed by atoms with Crippen molar-refractivity contribution >= 4 is 32.6 Å². The average molecular weight is 450 g/mol. The monoisotopic (exact) mass is 449 g/mol. The standard InChI is InChI=1S/C28H23N3OS/c1-2-20-11-16-25-26(18-20)33-28(30-25)31(19-24-10-6-7-17-29-24)27(32)23-14-12-22(13-15-23)21-8-4-3-5-9-21/h3-18H,2,19H2,1H3. The number of hydrogen-bond donors (Lipinski definition) is 0. The van der Waals surface area contributed by atoms with Crippen LogP contribution in [0.5, 0.6) is 0 Å². The van der Waals surface area contributed by atoms with Crippen molar-refractivity contribution in [2.24, 2.45) is 0 Å². The Balaban J connectivity index is 1.50. The Labute approximate surface area is 197 Å². The first-order valence-corrected chi connectivity index (χ1v) is 11.8. The first kappa shape index (κ1) is 21.0. The van der Waals surface area contributed by atoms with Gasteiger partial charge in [0.15, 0.2) is 5.13 Å². The lowest BCUT2D eigenvalue weighted by atomic mass is 10.0. The van der Waals surface area contributed by atoms with Gasteiger partial charge in [0.25, 0.3) is 5.91 Å². The van der Waals surface area contributed by atoms with Gasteiger partial charge in [-0.25, -0.2) is 4.98 Å². The van der Waals surface area contributed by atoms with E-state index in [1.807, 2.05) is 66.7 Å². The van der Waals surface area contributed by atoms with Gasteiger partial charge in [-0.1, -0.05) is 72.9 Å². The minimum atomic E-state index is -0.0879. The van der Waals surface area contributed by atoms with Gasteiger partial charge in [0.1, 0.15) is 0 Å². The highest BCUT2D eigenvalue weighted by molar-refractivity contribution is 7.22. The molecule has 0 N–H and O–H groups in total. The Morgan fingerprint density at radius 3 is 2.36 bits per heavy atom. The van der Waals surface area contributed by atoms with Crippen LogP contribution in [0.3, 0.4) is 0 Å². The summed E-state index contributed by atoms with van der Waals surface area (Å²) in [5.41, 5.74) is 5.82. The van der Waals surface area contributed by atoms with Crippen molar-refractivity contribution in [1.82, 2.24) is 9.97 Å². The number of fused-ring (bicyclic) bond motifs is 1. The van der Waals surface area contributed by atoms with Crippen LogP contribution in [0.4, 0.5) is 5.13 Å². The molecule has 0 atom stereocenters. The van der Waals surface area contributed by atoms with Crippen molar-refractivity contribution in [3.8, 4) is 11.1 Å². The molecule has 5 rings (SSSR count). The van der Waals surface area contributed by atoms with Gasteiger partial charge in [-0.2, -0.15) is 0 Å². The van der Waals surface area contributed by atoms with Gasteiger partial charge in [0.2, 0.25) is 0 Å². The molecule has 2 aromatic heterocycles. The predicted octanol–water partition coefficient (Wildman–Crippen LogP) is 6.77. The van der Waals surface area contributed by atoms with E-state index in [0.717, 1.165) is 33.5 Å². The van der Waals surface area contributed by atoms with Crippen LogP contribution in [-0.2, 0) is 13.0 Å². The second kappa shape index (κ2) is 9.35. The van der Waals surface area contributed by atoms with Crippen LogP contribution >= 0.6 is 11.3 Å². The fourth-order valence-electron chi connectivity index (χ4n) is 3.76. The lowest BCUT2D eigenvalue weighted by molar-refractivity contribution is 0.0985. The first-order valence-electron chi connectivity index (χ1n) is 11.0. The zero-order valence-electron chi connectivity index (χ0n) is 18.3. The molecule has 0 aliphatic carbocycles. The van der Waals surface area contributed by atoms with Crippen LogP contribution in [0.25, 0.3) is 21.3 Å². The molecule has 0 radical (unpaired) electrons. The second-order valence-electron chi connectivity index (χ2n) is 7.81. The maximum atomic E-state index is 13.7. The van der Waals surface area contributed by atoms with Crippen LogP contribution < -0.4 is 4.90 Å². The lowest BCUT2D eigenvalue weighted by Gasteiger charge is -2.20. The molecule has 1 amide bonds. The summed E-state index contributed by atoms with van der Waals surface area (Å²) in [6.07, 6.45) is 2.71. The molecule has 0 aliphatic rings. The van der Waals surface area contributed by atoms with E-state index in [4.69, 9.17) is 4.98 Å². The van der Waals surface area contributed by atoms with E-state index in [1.54, 1.807) is 22.4 Å². The third kappa shape index (κ3) is 4.54. The molecule has 5 aromatic rings. The summed E-state index contributed by atoms with van der Waals surface area (Å²) < 4.78 is 1.09. The van der Waals surface area contributed by atoms with Crippen LogP contribution in [0.2, 0.25) is 0 Å². The predicted molar refractivity (Wildman–Crippen MR) is 136 cm³/mol. The third-order valence-corrected chi connectivity index (χ3v) is 6.65. The van der Waals surface area contributed by atoms with Gasteiger partial charge in [0.05, 0.1) is 22.5 Å². The Kier molecular flexibility index (Phi) is 5.96. The summed E-state index contributed by atoms with van der Waals surface area (Å²) >= 11 is 1.54. The molecule has 33 heavy (non-hydrogen) atoms. The lowest BCUT2D eigenvalue weighted by Crippen LogP contribution is -2.30. The number of anilines is 1. The summed E-state index contributed by atoms with van der Waals surface area (Å²) in [7, 11) is 0. The number of nitrogens with zero attached hydrogens (tertiary/aromatic N) is 3. The zero-order valence-corrected chi connectivity index (χ0v) is 19.1. The van der Waals surface area contributed by atoms with E-state index < -0.39 is 0 Å². The molecule has 0 aliphatic heterocycles. The summed E-state index contributed by atoms with van der Waals surface area (Å²) in [5.74, 6) is -0.0879. The first-order chi connectivity index (χ1) is 16.2. The van der Waals surface area contributed by atoms with Crippen molar-refractivity contribution in [3.05, 3.63) is 114 Å². The van der Waals surface area contributed by atoms with Crippen LogP contribution in [-0.4, -0.2) is 15.9 Å². The number of benzene rings is 3. The van der Waals surface area contributed by atoms with E-state index in [2.05, 4.69) is 36.2 Å². The number of carbonyl (C=O) groups excluding carboxylic acids is 1. The fourth-order valence-corrected chi connectivity index (χ4v) is 4.79. The molecule has 0 fully saturated rings. The van der Waals surface area contributed by atoms with Crippen molar-refractivity contribution in [2.45, 2.75) is 19.9 Å². The highest BCUT2D eigenvalue weighted by atomic mass is 32.1. The zero-order chi connectivity index (χ0) is 22.6. The number of aromatic nitrogens is 2. The molecular formula is C28H23N3OS. The number of rotatable bonds is 6. The third-order valence-electron chi connectivity index (χ3n) is 5.61. The summed E-state index contributed by atoms with van der Waals surface area (Å²) in [4.78, 5) is 24.6. The molecule has 4 nitrogen and oxygen atoms in total. The smallest absolute Gasteiger partial charge is 0.260 e. The van der Waals surface area contributed by atoms with E-state index in [1.165, 1.54) is 5.56 Å². The van der Waals surface area contributed by atoms with E-state index >= 15 is 0 Å². The summed E-state index contributed by atoms with van der Waals surface area (Å²) in [5, 5.41) is 0.682. The van der Waals surface area contributed by atoms with Crippen molar-refractivity contribution < 1.29 is 4.79 Å². The maximum absolute atomic E-state index is 13.7. The second-order valence-corrected chi connectivity index (χ2v) is 8.82. The summed E-state index contributed by atoms with van der Waals surface area (Å²) in [6.45, 7) is 2.50. The largest absolute Gasteiger partial charge is 0.278 e. The highest BCUT2D eigenvalue weighted by Gasteiger charge is 2.22. The average Bonchev–Trinajstić information content (AvgIpc) is 3.31. The molecule has 162 valence electrons. The van der Waals surface area contributed by atoms with E-state index in [9.17, 15) is 4.79 Å². The van der Waals surface area contributed by atoms with Crippen LogP contribution in [0.1, 0.15) is 28.5 Å². The number of pyridine rings is 1. The van der Waals surface area contributed by atoms with Gasteiger partial charge in [-0.3, -0.25) is 14.7 Å². The molecule has 0 bridgehead atoms. The molecule has 0 spiro atoms. The Morgan fingerprint density at radius 2 is 1.64 bits per heavy atom. The number of aryl methyl sites for hydroxylation is 1. The van der Waals surface area contributed by atoms with Crippen LogP contribution in [0.15, 0.2) is 97.2 Å². The number of hydrogen-bond acceptors (Lipinski definition) is 4. The SMILES string of the molecule is CCc1ccc2nc(N(Cc3ccccn3)C(=O)c3ccc(-c4ccccc4)cc3)sc2c1. The topological polar surface area (TPSA) is 46.1 Å². The van der Waals surface area contributed by atoms with Crippen molar-refractivity contribution in [1.29, 1.82) is 0 Å². The van der Waals surface area contributed by atoms with Gasteiger partial charge in [0, 0.05) is 11.8 Å². The molecule has 0 saturated heterocycles. The van der Waals surface area contributed by atoms with Gasteiger partial charge >= 0.3 is 0 Å². The van der Waals surface area contributed by atoms with Crippen molar-refractivity contribution in [2.75, 3.05) is 4.90 Å². The fraction of sp³-hybridized carbons (Fsp3) is 0.107. The van der Waals surface area contributed by atoms with E-state index in [0.29, 0.717) is 17.2 Å². The molecular weight excluding hydrogens is 426 g/mol. The van der Waals surface area contributed by atoms with E-state index in [-0.39, 0.29) is 5.91 Å². The number of carbonyl (C=O) groups is 1. The quantitative estimate of drug-likeness (QED) is 0.287. The molecule has 0 unspecified atom stereocenters.